The Labute approximate surface area is 192 Å². The fourth-order valence-electron chi connectivity index (χ4n) is 7.24. The second kappa shape index (κ2) is 8.37. The summed E-state index contributed by atoms with van der Waals surface area (Å²) in [6.45, 7) is 14.5. The summed E-state index contributed by atoms with van der Waals surface area (Å²) in [5.41, 5.74) is 0.420. The van der Waals surface area contributed by atoms with Gasteiger partial charge in [-0.2, -0.15) is 0 Å². The highest BCUT2D eigenvalue weighted by Gasteiger charge is 2.67. The van der Waals surface area contributed by atoms with E-state index in [9.17, 15) is 15.0 Å². The van der Waals surface area contributed by atoms with Crippen molar-refractivity contribution in [2.45, 2.75) is 110 Å². The van der Waals surface area contributed by atoms with Crippen LogP contribution in [0.25, 0.3) is 0 Å². The molecule has 2 N–H and O–H groups in total. The van der Waals surface area contributed by atoms with Crippen LogP contribution in [0, 0.1) is 35.0 Å². The maximum atomic E-state index is 12.5. The molecule has 11 atom stereocenters. The smallest absolute Gasteiger partial charge is 0.333 e. The standard InChI is InChI=1S/C26H42O6/c1-8-13(2)23(29)31-22-21(28)20(27)15(4)30-24(22)32-26(7)12-11-17-19(25(17,5)6)18-14(3)9-10-16(18)26/h8,14-22,24,27-28H,9-12H2,1-7H3. The lowest BCUT2D eigenvalue weighted by atomic mass is 9.74. The molecule has 3 aliphatic carbocycles. The molecule has 0 aromatic rings. The number of esters is 1. The van der Waals surface area contributed by atoms with E-state index < -0.39 is 42.3 Å². The summed E-state index contributed by atoms with van der Waals surface area (Å²) in [5, 5.41) is 21.2. The van der Waals surface area contributed by atoms with Crippen LogP contribution in [-0.4, -0.2) is 52.5 Å². The molecule has 1 aliphatic heterocycles. The average molecular weight is 451 g/mol. The molecule has 1 saturated heterocycles. The molecule has 0 aromatic carbocycles. The minimum absolute atomic E-state index is 0.404. The van der Waals surface area contributed by atoms with Crippen LogP contribution in [0.4, 0.5) is 0 Å². The molecule has 4 fully saturated rings. The lowest BCUT2D eigenvalue weighted by Gasteiger charge is -2.47. The molecule has 3 saturated carbocycles. The van der Waals surface area contributed by atoms with E-state index in [0.29, 0.717) is 28.7 Å². The first kappa shape index (κ1) is 24.2. The van der Waals surface area contributed by atoms with Crippen LogP contribution < -0.4 is 0 Å². The Morgan fingerprint density at radius 2 is 1.75 bits per heavy atom. The van der Waals surface area contributed by atoms with Gasteiger partial charge in [0.25, 0.3) is 0 Å². The fraction of sp³-hybridized carbons (Fsp3) is 0.885. The first-order valence-corrected chi connectivity index (χ1v) is 12.5. The number of aliphatic hydroxyl groups is 2. The van der Waals surface area contributed by atoms with Gasteiger partial charge in [-0.3, -0.25) is 0 Å². The van der Waals surface area contributed by atoms with Crippen LogP contribution in [0.1, 0.15) is 74.1 Å². The summed E-state index contributed by atoms with van der Waals surface area (Å²) in [7, 11) is 0. The summed E-state index contributed by atoms with van der Waals surface area (Å²) in [6.07, 6.45) is 1.01. The zero-order chi connectivity index (χ0) is 23.6. The molecule has 4 aliphatic rings. The van der Waals surface area contributed by atoms with Crippen molar-refractivity contribution < 1.29 is 29.2 Å². The number of carbonyl (C=O) groups is 1. The molecule has 6 heteroatoms. The monoisotopic (exact) mass is 450 g/mol. The molecule has 4 rings (SSSR count). The summed E-state index contributed by atoms with van der Waals surface area (Å²) < 4.78 is 18.4. The van der Waals surface area contributed by atoms with Gasteiger partial charge < -0.3 is 24.4 Å². The predicted molar refractivity (Wildman–Crippen MR) is 121 cm³/mol. The Bertz CT molecular complexity index is 761. The first-order chi connectivity index (χ1) is 14.9. The van der Waals surface area contributed by atoms with Crippen molar-refractivity contribution in [1.29, 1.82) is 0 Å². The number of allylic oxidation sites excluding steroid dienone is 1. The zero-order valence-corrected chi connectivity index (χ0v) is 20.7. The highest BCUT2D eigenvalue weighted by Crippen LogP contribution is 2.71. The van der Waals surface area contributed by atoms with Crippen molar-refractivity contribution >= 4 is 5.97 Å². The van der Waals surface area contributed by atoms with Gasteiger partial charge in [-0.05, 0) is 82.0 Å². The van der Waals surface area contributed by atoms with Crippen molar-refractivity contribution in [2.24, 2.45) is 35.0 Å². The predicted octanol–water partition coefficient (Wildman–Crippen LogP) is 3.83. The third kappa shape index (κ3) is 3.85. The third-order valence-electron chi connectivity index (χ3n) is 9.51. The molecule has 6 nitrogen and oxygen atoms in total. The average Bonchev–Trinajstić information content (AvgIpc) is 3.11. The van der Waals surface area contributed by atoms with Gasteiger partial charge in [-0.1, -0.05) is 33.3 Å². The molecule has 0 spiro atoms. The van der Waals surface area contributed by atoms with Gasteiger partial charge in [-0.15, -0.1) is 0 Å². The Morgan fingerprint density at radius 1 is 1.06 bits per heavy atom. The molecule has 11 unspecified atom stereocenters. The summed E-state index contributed by atoms with van der Waals surface area (Å²) in [6, 6.07) is 0. The summed E-state index contributed by atoms with van der Waals surface area (Å²) >= 11 is 0. The summed E-state index contributed by atoms with van der Waals surface area (Å²) in [5.74, 6) is 2.62. The van der Waals surface area contributed by atoms with Crippen molar-refractivity contribution in [3.05, 3.63) is 11.6 Å². The topological polar surface area (TPSA) is 85.2 Å². The molecule has 182 valence electrons. The molecule has 0 amide bonds. The van der Waals surface area contributed by atoms with Gasteiger partial charge in [0.2, 0.25) is 0 Å². The number of carbonyl (C=O) groups excluding carboxylic acids is 1. The Hall–Kier alpha value is -0.950. The van der Waals surface area contributed by atoms with E-state index in [-0.39, 0.29) is 0 Å². The SMILES string of the molecule is CC=C(C)C(=O)OC1C(OC2(C)CCC3C(C4C(C)CCC42)C3(C)C)OC(C)C(O)C1O. The van der Waals surface area contributed by atoms with E-state index in [1.807, 2.05) is 0 Å². The van der Waals surface area contributed by atoms with Crippen molar-refractivity contribution in [3.63, 3.8) is 0 Å². The van der Waals surface area contributed by atoms with E-state index in [1.54, 1.807) is 26.8 Å². The Balaban J connectivity index is 1.59. The Morgan fingerprint density at radius 3 is 2.41 bits per heavy atom. The summed E-state index contributed by atoms with van der Waals surface area (Å²) in [4.78, 5) is 12.5. The molecule has 1 heterocycles. The number of rotatable bonds is 4. The Kier molecular flexibility index (Phi) is 6.32. The van der Waals surface area contributed by atoms with Gasteiger partial charge in [0.15, 0.2) is 12.4 Å². The van der Waals surface area contributed by atoms with E-state index in [2.05, 4.69) is 27.7 Å². The van der Waals surface area contributed by atoms with Gasteiger partial charge in [0.05, 0.1) is 11.7 Å². The van der Waals surface area contributed by atoms with Crippen LogP contribution >= 0.6 is 0 Å². The highest BCUT2D eigenvalue weighted by molar-refractivity contribution is 5.87. The van der Waals surface area contributed by atoms with E-state index in [0.717, 1.165) is 31.1 Å². The van der Waals surface area contributed by atoms with E-state index >= 15 is 0 Å². The maximum absolute atomic E-state index is 12.5. The number of fused-ring (bicyclic) bond motifs is 3. The molecular formula is C26H42O6. The third-order valence-corrected chi connectivity index (χ3v) is 9.51. The number of hydrogen-bond donors (Lipinski definition) is 2. The van der Waals surface area contributed by atoms with Gasteiger partial charge in [0, 0.05) is 5.57 Å². The number of aliphatic hydroxyl groups excluding tert-OH is 2. The lowest BCUT2D eigenvalue weighted by Crippen LogP contribution is -2.61. The minimum Gasteiger partial charge on any atom is -0.451 e. The van der Waals surface area contributed by atoms with Crippen molar-refractivity contribution in [1.82, 2.24) is 0 Å². The lowest BCUT2D eigenvalue weighted by molar-refractivity contribution is -0.328. The van der Waals surface area contributed by atoms with Crippen LogP contribution in [0.15, 0.2) is 11.6 Å². The van der Waals surface area contributed by atoms with Gasteiger partial charge >= 0.3 is 5.97 Å². The highest BCUT2D eigenvalue weighted by atomic mass is 16.7. The van der Waals surface area contributed by atoms with E-state index in [1.165, 1.54) is 6.42 Å². The minimum atomic E-state index is -1.27. The second-order valence-corrected chi connectivity index (χ2v) is 11.7. The maximum Gasteiger partial charge on any atom is 0.333 e. The molecule has 0 radical (unpaired) electrons. The molecule has 32 heavy (non-hydrogen) atoms. The largest absolute Gasteiger partial charge is 0.451 e. The van der Waals surface area contributed by atoms with Gasteiger partial charge in [-0.25, -0.2) is 4.79 Å². The van der Waals surface area contributed by atoms with Crippen LogP contribution in [-0.2, 0) is 19.0 Å². The molecule has 0 aromatic heterocycles. The quantitative estimate of drug-likeness (QED) is 0.500. The van der Waals surface area contributed by atoms with Crippen molar-refractivity contribution in [3.8, 4) is 0 Å². The number of ether oxygens (including phenoxy) is 3. The molecular weight excluding hydrogens is 408 g/mol. The molecule has 0 bridgehead atoms. The first-order valence-electron chi connectivity index (χ1n) is 12.5. The van der Waals surface area contributed by atoms with Crippen LogP contribution in [0.3, 0.4) is 0 Å². The van der Waals surface area contributed by atoms with Crippen molar-refractivity contribution in [2.75, 3.05) is 0 Å². The number of hydrogen-bond acceptors (Lipinski definition) is 6. The fourth-order valence-corrected chi connectivity index (χ4v) is 7.24. The van der Waals surface area contributed by atoms with Crippen LogP contribution in [0.5, 0.6) is 0 Å². The van der Waals surface area contributed by atoms with Gasteiger partial charge in [0.1, 0.15) is 12.2 Å². The second-order valence-electron chi connectivity index (χ2n) is 11.7. The zero-order valence-electron chi connectivity index (χ0n) is 20.7. The van der Waals surface area contributed by atoms with Crippen LogP contribution in [0.2, 0.25) is 0 Å². The normalized spacial score (nSPS) is 50.2. The van der Waals surface area contributed by atoms with E-state index in [4.69, 9.17) is 14.2 Å².